The van der Waals surface area contributed by atoms with Crippen molar-refractivity contribution in [2.75, 3.05) is 26.2 Å². The number of benzene rings is 1. The van der Waals surface area contributed by atoms with Gasteiger partial charge in [0, 0.05) is 32.2 Å². The molecule has 2 unspecified atom stereocenters. The largest absolute Gasteiger partial charge is 0.298 e. The van der Waals surface area contributed by atoms with Crippen LogP contribution in [0.5, 0.6) is 0 Å². The fraction of sp³-hybridized carbons (Fsp3) is 0.588. The lowest BCUT2D eigenvalue weighted by atomic mass is 10.1. The highest BCUT2D eigenvalue weighted by atomic mass is 15.3. The summed E-state index contributed by atoms with van der Waals surface area (Å²) in [6.45, 7) is 7.64. The van der Waals surface area contributed by atoms with Crippen molar-refractivity contribution in [3.63, 3.8) is 0 Å². The zero-order valence-corrected chi connectivity index (χ0v) is 12.3. The second kappa shape index (κ2) is 5.95. The van der Waals surface area contributed by atoms with E-state index in [1.54, 1.807) is 0 Å². The maximum absolute atomic E-state index is 9.01. The van der Waals surface area contributed by atoms with Crippen molar-refractivity contribution in [1.29, 1.82) is 5.26 Å². The molecule has 0 N–H and O–H groups in total. The molecule has 2 fully saturated rings. The van der Waals surface area contributed by atoms with Crippen molar-refractivity contribution < 1.29 is 0 Å². The number of nitrogens with zero attached hydrogens (tertiary/aromatic N) is 3. The van der Waals surface area contributed by atoms with E-state index in [1.807, 2.05) is 0 Å². The molecule has 2 aliphatic rings. The summed E-state index contributed by atoms with van der Waals surface area (Å²) in [4.78, 5) is 5.08. The fourth-order valence-corrected chi connectivity index (χ4v) is 3.43. The van der Waals surface area contributed by atoms with Crippen LogP contribution in [-0.2, 0) is 6.54 Å². The summed E-state index contributed by atoms with van der Waals surface area (Å²) >= 11 is 0. The van der Waals surface area contributed by atoms with E-state index in [4.69, 9.17) is 5.26 Å². The van der Waals surface area contributed by atoms with Crippen molar-refractivity contribution in [3.8, 4) is 6.07 Å². The van der Waals surface area contributed by atoms with Gasteiger partial charge in [0.05, 0.1) is 12.0 Å². The van der Waals surface area contributed by atoms with Gasteiger partial charge in [0.2, 0.25) is 0 Å². The summed E-state index contributed by atoms with van der Waals surface area (Å²) in [5.74, 6) is 0.265. The van der Waals surface area contributed by atoms with E-state index in [9.17, 15) is 0 Å². The summed E-state index contributed by atoms with van der Waals surface area (Å²) in [6.07, 6.45) is 2.31. The van der Waals surface area contributed by atoms with Crippen LogP contribution in [0.3, 0.4) is 0 Å². The fourth-order valence-electron chi connectivity index (χ4n) is 3.43. The first-order chi connectivity index (χ1) is 9.74. The third-order valence-electron chi connectivity index (χ3n) is 4.69. The lowest BCUT2D eigenvalue weighted by molar-refractivity contribution is 0.226. The standard InChI is InChI=1S/C17H23N3/c1-14-2-4-15(5-3-14)11-19-8-7-17(13-19)20-9-6-16(10-18)12-20/h2-5,16-17H,6-9,11-13H2,1H3. The van der Waals surface area contributed by atoms with Crippen LogP contribution in [-0.4, -0.2) is 42.0 Å². The van der Waals surface area contributed by atoms with E-state index >= 15 is 0 Å². The molecule has 20 heavy (non-hydrogen) atoms. The monoisotopic (exact) mass is 269 g/mol. The zero-order chi connectivity index (χ0) is 13.9. The molecule has 1 aromatic carbocycles. The SMILES string of the molecule is Cc1ccc(CN2CCC(N3CCC(C#N)C3)C2)cc1. The van der Waals surface area contributed by atoms with Crippen molar-refractivity contribution in [3.05, 3.63) is 35.4 Å². The van der Waals surface area contributed by atoms with E-state index in [0.717, 1.165) is 32.6 Å². The summed E-state index contributed by atoms with van der Waals surface area (Å²) in [5.41, 5.74) is 2.74. The summed E-state index contributed by atoms with van der Waals surface area (Å²) in [7, 11) is 0. The first-order valence-corrected chi connectivity index (χ1v) is 7.66. The van der Waals surface area contributed by atoms with Gasteiger partial charge in [-0.1, -0.05) is 29.8 Å². The van der Waals surface area contributed by atoms with Gasteiger partial charge in [-0.05, 0) is 31.9 Å². The first-order valence-electron chi connectivity index (χ1n) is 7.66. The minimum Gasteiger partial charge on any atom is -0.298 e. The van der Waals surface area contributed by atoms with Crippen LogP contribution in [0, 0.1) is 24.2 Å². The quantitative estimate of drug-likeness (QED) is 0.844. The minimum atomic E-state index is 0.265. The highest BCUT2D eigenvalue weighted by molar-refractivity contribution is 5.21. The van der Waals surface area contributed by atoms with Crippen molar-refractivity contribution in [2.45, 2.75) is 32.4 Å². The van der Waals surface area contributed by atoms with E-state index < -0.39 is 0 Å². The van der Waals surface area contributed by atoms with Gasteiger partial charge >= 0.3 is 0 Å². The van der Waals surface area contributed by atoms with Crippen LogP contribution < -0.4 is 0 Å². The number of hydrogen-bond acceptors (Lipinski definition) is 3. The molecule has 2 heterocycles. The number of hydrogen-bond donors (Lipinski definition) is 0. The molecule has 0 spiro atoms. The Balaban J connectivity index is 1.52. The molecule has 2 saturated heterocycles. The molecular formula is C17H23N3. The van der Waals surface area contributed by atoms with Gasteiger partial charge in [0.1, 0.15) is 0 Å². The molecule has 3 heteroatoms. The predicted octanol–water partition coefficient (Wildman–Crippen LogP) is 2.41. The Labute approximate surface area is 121 Å². The van der Waals surface area contributed by atoms with Gasteiger partial charge in [-0.15, -0.1) is 0 Å². The van der Waals surface area contributed by atoms with E-state index in [0.29, 0.717) is 6.04 Å². The lowest BCUT2D eigenvalue weighted by Crippen LogP contribution is -2.35. The molecule has 3 nitrogen and oxygen atoms in total. The summed E-state index contributed by atoms with van der Waals surface area (Å²) in [5, 5.41) is 9.01. The molecule has 2 aliphatic heterocycles. The second-order valence-corrected chi connectivity index (χ2v) is 6.27. The third-order valence-corrected chi connectivity index (χ3v) is 4.69. The topological polar surface area (TPSA) is 30.3 Å². The Kier molecular flexibility index (Phi) is 4.05. The van der Waals surface area contributed by atoms with Gasteiger partial charge in [0.15, 0.2) is 0 Å². The smallest absolute Gasteiger partial charge is 0.0669 e. The van der Waals surface area contributed by atoms with Crippen LogP contribution in [0.4, 0.5) is 0 Å². The van der Waals surface area contributed by atoms with E-state index in [-0.39, 0.29) is 5.92 Å². The number of likely N-dealkylation sites (tertiary alicyclic amines) is 2. The zero-order valence-electron chi connectivity index (χ0n) is 12.3. The van der Waals surface area contributed by atoms with Gasteiger partial charge < -0.3 is 0 Å². The molecule has 0 aliphatic carbocycles. The van der Waals surface area contributed by atoms with E-state index in [1.165, 1.54) is 24.1 Å². The van der Waals surface area contributed by atoms with Crippen LogP contribution in [0.2, 0.25) is 0 Å². The maximum atomic E-state index is 9.01. The molecule has 0 amide bonds. The van der Waals surface area contributed by atoms with Crippen LogP contribution in [0.25, 0.3) is 0 Å². The normalized spacial score (nSPS) is 27.8. The Hall–Kier alpha value is -1.37. The molecule has 0 radical (unpaired) electrons. The number of nitriles is 1. The Morgan fingerprint density at radius 1 is 1.15 bits per heavy atom. The maximum Gasteiger partial charge on any atom is 0.0669 e. The molecule has 3 rings (SSSR count). The molecule has 106 valence electrons. The second-order valence-electron chi connectivity index (χ2n) is 6.27. The summed E-state index contributed by atoms with van der Waals surface area (Å²) < 4.78 is 0. The van der Waals surface area contributed by atoms with Crippen molar-refractivity contribution in [2.24, 2.45) is 5.92 Å². The molecule has 2 atom stereocenters. The Bertz CT molecular complexity index is 488. The van der Waals surface area contributed by atoms with Gasteiger partial charge in [0.25, 0.3) is 0 Å². The molecule has 1 aromatic rings. The van der Waals surface area contributed by atoms with E-state index in [2.05, 4.69) is 47.1 Å². The number of rotatable bonds is 3. The Morgan fingerprint density at radius 3 is 2.65 bits per heavy atom. The Morgan fingerprint density at radius 2 is 1.95 bits per heavy atom. The predicted molar refractivity (Wildman–Crippen MR) is 80.2 cm³/mol. The molecule has 0 bridgehead atoms. The van der Waals surface area contributed by atoms with Crippen LogP contribution >= 0.6 is 0 Å². The van der Waals surface area contributed by atoms with Crippen molar-refractivity contribution >= 4 is 0 Å². The average Bonchev–Trinajstić information content (AvgIpc) is 3.10. The third kappa shape index (κ3) is 3.03. The van der Waals surface area contributed by atoms with Gasteiger partial charge in [-0.3, -0.25) is 9.80 Å². The average molecular weight is 269 g/mol. The molecular weight excluding hydrogens is 246 g/mol. The van der Waals surface area contributed by atoms with Crippen LogP contribution in [0.15, 0.2) is 24.3 Å². The first kappa shape index (κ1) is 13.6. The van der Waals surface area contributed by atoms with Gasteiger partial charge in [-0.2, -0.15) is 5.26 Å². The van der Waals surface area contributed by atoms with Crippen LogP contribution in [0.1, 0.15) is 24.0 Å². The highest BCUT2D eigenvalue weighted by Gasteiger charge is 2.32. The highest BCUT2D eigenvalue weighted by Crippen LogP contribution is 2.24. The minimum absolute atomic E-state index is 0.265. The summed E-state index contributed by atoms with van der Waals surface area (Å²) in [6, 6.07) is 12.0. The van der Waals surface area contributed by atoms with Gasteiger partial charge in [-0.25, -0.2) is 0 Å². The lowest BCUT2D eigenvalue weighted by Gasteiger charge is -2.24. The van der Waals surface area contributed by atoms with Crippen molar-refractivity contribution in [1.82, 2.24) is 9.80 Å². The molecule has 0 saturated carbocycles. The number of aryl methyl sites for hydroxylation is 1. The molecule has 0 aromatic heterocycles.